The van der Waals surface area contributed by atoms with Crippen LogP contribution in [0.1, 0.15) is 52.9 Å². The van der Waals surface area contributed by atoms with E-state index in [0.29, 0.717) is 0 Å². The highest BCUT2D eigenvalue weighted by Crippen LogP contribution is 2.36. The Balaban J connectivity index is 2.41. The molecule has 0 spiro atoms. The van der Waals surface area contributed by atoms with Gasteiger partial charge in [-0.2, -0.15) is 0 Å². The van der Waals surface area contributed by atoms with E-state index in [0.717, 1.165) is 32.1 Å². The van der Waals surface area contributed by atoms with E-state index in [1.54, 1.807) is 0 Å². The lowest BCUT2D eigenvalue weighted by molar-refractivity contribution is 0.0360. The van der Waals surface area contributed by atoms with E-state index in [-0.39, 0.29) is 18.2 Å². The predicted molar refractivity (Wildman–Crippen MR) is 62.3 cm³/mol. The Bertz CT molecular complexity index is 241. The molecular formula is C12H23NO3. The van der Waals surface area contributed by atoms with Crippen molar-refractivity contribution in [2.24, 2.45) is 0 Å². The van der Waals surface area contributed by atoms with Crippen LogP contribution in [-0.2, 0) is 4.74 Å². The Hall–Kier alpha value is -0.770. The van der Waals surface area contributed by atoms with Crippen molar-refractivity contribution in [3.63, 3.8) is 0 Å². The van der Waals surface area contributed by atoms with Gasteiger partial charge < -0.3 is 15.2 Å². The van der Waals surface area contributed by atoms with Crippen molar-refractivity contribution in [2.75, 3.05) is 6.61 Å². The summed E-state index contributed by atoms with van der Waals surface area (Å²) >= 11 is 0. The number of hydrogen-bond acceptors (Lipinski definition) is 3. The maximum Gasteiger partial charge on any atom is 0.408 e. The van der Waals surface area contributed by atoms with E-state index in [4.69, 9.17) is 9.84 Å². The largest absolute Gasteiger partial charge is 0.444 e. The van der Waals surface area contributed by atoms with Crippen molar-refractivity contribution in [1.29, 1.82) is 0 Å². The molecule has 16 heavy (non-hydrogen) atoms. The van der Waals surface area contributed by atoms with Gasteiger partial charge in [0.1, 0.15) is 5.60 Å². The second-order valence-electron chi connectivity index (χ2n) is 5.59. The number of aliphatic hydroxyl groups is 1. The number of nitrogens with one attached hydrogen (secondary N) is 1. The lowest BCUT2D eigenvalue weighted by atomic mass is 9.74. The van der Waals surface area contributed by atoms with E-state index in [1.807, 2.05) is 20.8 Å². The van der Waals surface area contributed by atoms with Crippen LogP contribution in [0.3, 0.4) is 0 Å². The summed E-state index contributed by atoms with van der Waals surface area (Å²) in [6.45, 7) is 5.74. The van der Waals surface area contributed by atoms with Gasteiger partial charge in [0.05, 0.1) is 0 Å². The van der Waals surface area contributed by atoms with E-state index >= 15 is 0 Å². The second-order valence-corrected chi connectivity index (χ2v) is 5.59. The summed E-state index contributed by atoms with van der Waals surface area (Å²) in [5, 5.41) is 11.8. The summed E-state index contributed by atoms with van der Waals surface area (Å²) in [7, 11) is 0. The van der Waals surface area contributed by atoms with Crippen LogP contribution in [0.5, 0.6) is 0 Å². The Labute approximate surface area is 97.4 Å². The van der Waals surface area contributed by atoms with Gasteiger partial charge in [-0.1, -0.05) is 0 Å². The number of rotatable bonds is 4. The van der Waals surface area contributed by atoms with E-state index in [2.05, 4.69) is 5.32 Å². The van der Waals surface area contributed by atoms with E-state index in [9.17, 15) is 4.79 Å². The number of aliphatic hydroxyl groups excluding tert-OH is 1. The molecule has 4 nitrogen and oxygen atoms in total. The third kappa shape index (κ3) is 4.00. The van der Waals surface area contributed by atoms with Crippen molar-refractivity contribution in [3.8, 4) is 0 Å². The SMILES string of the molecule is CC(C)(C)OC(=O)NC1(CCCO)CCC1. The summed E-state index contributed by atoms with van der Waals surface area (Å²) in [6, 6.07) is 0. The zero-order valence-corrected chi connectivity index (χ0v) is 10.5. The van der Waals surface area contributed by atoms with Crippen molar-refractivity contribution >= 4 is 6.09 Å². The van der Waals surface area contributed by atoms with E-state index < -0.39 is 5.60 Å². The van der Waals surface area contributed by atoms with Gasteiger partial charge >= 0.3 is 6.09 Å². The van der Waals surface area contributed by atoms with Gasteiger partial charge in [-0.15, -0.1) is 0 Å². The Morgan fingerprint density at radius 2 is 2.06 bits per heavy atom. The highest BCUT2D eigenvalue weighted by Gasteiger charge is 2.38. The van der Waals surface area contributed by atoms with Crippen LogP contribution in [0, 0.1) is 0 Å². The highest BCUT2D eigenvalue weighted by molar-refractivity contribution is 5.69. The Morgan fingerprint density at radius 1 is 1.44 bits per heavy atom. The fourth-order valence-electron chi connectivity index (χ4n) is 1.98. The third-order valence-electron chi connectivity index (χ3n) is 2.89. The van der Waals surface area contributed by atoms with Gasteiger partial charge in [0, 0.05) is 12.1 Å². The first kappa shape index (κ1) is 13.3. The number of carbonyl (C=O) groups is 1. The number of hydrogen-bond donors (Lipinski definition) is 2. The van der Waals surface area contributed by atoms with Crippen LogP contribution in [0.15, 0.2) is 0 Å². The average Bonchev–Trinajstić information content (AvgIpc) is 2.06. The normalized spacial score (nSPS) is 18.8. The summed E-state index contributed by atoms with van der Waals surface area (Å²) < 4.78 is 5.24. The Morgan fingerprint density at radius 3 is 2.44 bits per heavy atom. The fourth-order valence-corrected chi connectivity index (χ4v) is 1.98. The van der Waals surface area contributed by atoms with Crippen LogP contribution < -0.4 is 5.32 Å². The van der Waals surface area contributed by atoms with Crippen molar-refractivity contribution in [1.82, 2.24) is 5.32 Å². The molecule has 0 aromatic carbocycles. The van der Waals surface area contributed by atoms with Crippen molar-refractivity contribution in [2.45, 2.75) is 64.0 Å². The smallest absolute Gasteiger partial charge is 0.408 e. The molecule has 1 saturated carbocycles. The maximum absolute atomic E-state index is 11.6. The third-order valence-corrected chi connectivity index (χ3v) is 2.89. The molecule has 1 aliphatic carbocycles. The minimum atomic E-state index is -0.452. The van der Waals surface area contributed by atoms with Crippen molar-refractivity contribution in [3.05, 3.63) is 0 Å². The zero-order chi connectivity index (χ0) is 12.2. The minimum Gasteiger partial charge on any atom is -0.444 e. The average molecular weight is 229 g/mol. The first-order valence-corrected chi connectivity index (χ1v) is 5.99. The number of ether oxygens (including phenoxy) is 1. The molecular weight excluding hydrogens is 206 g/mol. The van der Waals surface area contributed by atoms with Crippen molar-refractivity contribution < 1.29 is 14.6 Å². The Kier molecular flexibility index (Phi) is 4.19. The summed E-state index contributed by atoms with van der Waals surface area (Å²) in [4.78, 5) is 11.6. The molecule has 1 rings (SSSR count). The van der Waals surface area contributed by atoms with E-state index in [1.165, 1.54) is 0 Å². The number of alkyl carbamates (subject to hydrolysis) is 1. The molecule has 2 N–H and O–H groups in total. The first-order valence-electron chi connectivity index (χ1n) is 5.99. The first-order chi connectivity index (χ1) is 7.37. The molecule has 1 amide bonds. The van der Waals surface area contributed by atoms with Crippen LogP contribution >= 0.6 is 0 Å². The molecule has 0 aliphatic heterocycles. The predicted octanol–water partition coefficient (Wildman–Crippen LogP) is 2.21. The highest BCUT2D eigenvalue weighted by atomic mass is 16.6. The summed E-state index contributed by atoms with van der Waals surface area (Å²) in [5.41, 5.74) is -0.572. The maximum atomic E-state index is 11.6. The van der Waals surface area contributed by atoms with Crippen LogP contribution in [-0.4, -0.2) is 28.9 Å². The minimum absolute atomic E-state index is 0.120. The summed E-state index contributed by atoms with van der Waals surface area (Å²) in [6.07, 6.45) is 4.35. The molecule has 0 aromatic rings. The second kappa shape index (κ2) is 5.04. The molecule has 0 saturated heterocycles. The lowest BCUT2D eigenvalue weighted by Crippen LogP contribution is -2.54. The van der Waals surface area contributed by atoms with Gasteiger partial charge in [-0.3, -0.25) is 0 Å². The van der Waals surface area contributed by atoms with Gasteiger partial charge in [-0.05, 0) is 52.9 Å². The van der Waals surface area contributed by atoms with Crippen LogP contribution in [0.4, 0.5) is 4.79 Å². The molecule has 0 heterocycles. The lowest BCUT2D eigenvalue weighted by Gasteiger charge is -2.42. The molecule has 0 radical (unpaired) electrons. The topological polar surface area (TPSA) is 58.6 Å². The molecule has 0 aromatic heterocycles. The molecule has 0 bridgehead atoms. The quantitative estimate of drug-likeness (QED) is 0.777. The molecule has 4 heteroatoms. The van der Waals surface area contributed by atoms with Crippen LogP contribution in [0.2, 0.25) is 0 Å². The zero-order valence-electron chi connectivity index (χ0n) is 10.5. The monoisotopic (exact) mass is 229 g/mol. The molecule has 0 atom stereocenters. The fraction of sp³-hybridized carbons (Fsp3) is 0.917. The number of amides is 1. The molecule has 1 fully saturated rings. The van der Waals surface area contributed by atoms with Gasteiger partial charge in [-0.25, -0.2) is 4.79 Å². The standard InChI is InChI=1S/C12H23NO3/c1-11(2,3)16-10(15)13-12(6-4-7-12)8-5-9-14/h14H,4-9H2,1-3H3,(H,13,15). The molecule has 1 aliphatic rings. The van der Waals surface area contributed by atoms with Gasteiger partial charge in [0.2, 0.25) is 0 Å². The van der Waals surface area contributed by atoms with Gasteiger partial charge in [0.25, 0.3) is 0 Å². The van der Waals surface area contributed by atoms with Gasteiger partial charge in [0.15, 0.2) is 0 Å². The number of carbonyl (C=O) groups excluding carboxylic acids is 1. The summed E-state index contributed by atoms with van der Waals surface area (Å²) in [5.74, 6) is 0. The molecule has 94 valence electrons. The molecule has 0 unspecified atom stereocenters. The van der Waals surface area contributed by atoms with Crippen LogP contribution in [0.25, 0.3) is 0 Å².